The standard InChI is InChI=1S/C18H19N3O3S/c1-2-9-20-16(22)12-21-17(23)14-7-3-4-8-15(14)25-18(24)13-6-5-10-19-11-13/h3-8,10-11H,2,9,12H2,1H3,(H,20,22)(H,21,23). The second kappa shape index (κ2) is 9.58. The lowest BCUT2D eigenvalue weighted by Gasteiger charge is -2.09. The molecule has 0 saturated carbocycles. The zero-order valence-corrected chi connectivity index (χ0v) is 14.6. The summed E-state index contributed by atoms with van der Waals surface area (Å²) in [5.41, 5.74) is 0.815. The summed E-state index contributed by atoms with van der Waals surface area (Å²) < 4.78 is 0. The third kappa shape index (κ3) is 5.72. The van der Waals surface area contributed by atoms with E-state index in [-0.39, 0.29) is 17.6 Å². The lowest BCUT2D eigenvalue weighted by atomic mass is 10.2. The summed E-state index contributed by atoms with van der Waals surface area (Å²) in [7, 11) is 0. The van der Waals surface area contributed by atoms with Gasteiger partial charge in [-0.3, -0.25) is 19.4 Å². The van der Waals surface area contributed by atoms with Gasteiger partial charge in [-0.05, 0) is 42.4 Å². The first-order chi connectivity index (χ1) is 12.1. The highest BCUT2D eigenvalue weighted by molar-refractivity contribution is 8.14. The summed E-state index contributed by atoms with van der Waals surface area (Å²) in [6.45, 7) is 2.42. The second-order valence-electron chi connectivity index (χ2n) is 5.16. The molecular formula is C18H19N3O3S. The Morgan fingerprint density at radius 1 is 1.08 bits per heavy atom. The van der Waals surface area contributed by atoms with Gasteiger partial charge in [-0.1, -0.05) is 19.1 Å². The molecule has 1 heterocycles. The molecule has 0 unspecified atom stereocenters. The Balaban J connectivity index is 2.03. The molecule has 2 aromatic rings. The van der Waals surface area contributed by atoms with Gasteiger partial charge in [-0.25, -0.2) is 0 Å². The van der Waals surface area contributed by atoms with Crippen molar-refractivity contribution in [3.05, 3.63) is 59.9 Å². The predicted molar refractivity (Wildman–Crippen MR) is 96.5 cm³/mol. The fourth-order valence-corrected chi connectivity index (χ4v) is 2.82. The normalized spacial score (nSPS) is 10.1. The van der Waals surface area contributed by atoms with Crippen LogP contribution in [0.5, 0.6) is 0 Å². The van der Waals surface area contributed by atoms with Crippen LogP contribution < -0.4 is 10.6 Å². The lowest BCUT2D eigenvalue weighted by Crippen LogP contribution is -2.37. The van der Waals surface area contributed by atoms with Crippen LogP contribution in [-0.2, 0) is 4.79 Å². The molecule has 0 atom stereocenters. The Morgan fingerprint density at radius 3 is 2.60 bits per heavy atom. The number of carbonyl (C=O) groups is 3. The third-order valence-electron chi connectivity index (χ3n) is 3.21. The van der Waals surface area contributed by atoms with Crippen LogP contribution in [-0.4, -0.2) is 35.0 Å². The zero-order valence-electron chi connectivity index (χ0n) is 13.8. The highest BCUT2D eigenvalue weighted by atomic mass is 32.2. The highest BCUT2D eigenvalue weighted by Crippen LogP contribution is 2.26. The van der Waals surface area contributed by atoms with Crippen molar-refractivity contribution in [2.24, 2.45) is 0 Å². The minimum Gasteiger partial charge on any atom is -0.355 e. The number of aromatic nitrogens is 1. The maximum absolute atomic E-state index is 12.3. The van der Waals surface area contributed by atoms with Crippen molar-refractivity contribution in [3.63, 3.8) is 0 Å². The summed E-state index contributed by atoms with van der Waals surface area (Å²) in [5, 5.41) is 5.06. The van der Waals surface area contributed by atoms with E-state index in [0.29, 0.717) is 22.6 Å². The van der Waals surface area contributed by atoms with Gasteiger partial charge in [0.05, 0.1) is 12.1 Å². The maximum atomic E-state index is 12.3. The van der Waals surface area contributed by atoms with Crippen molar-refractivity contribution in [3.8, 4) is 0 Å². The van der Waals surface area contributed by atoms with E-state index in [9.17, 15) is 14.4 Å². The molecule has 0 spiro atoms. The molecule has 0 bridgehead atoms. The largest absolute Gasteiger partial charge is 0.355 e. The maximum Gasteiger partial charge on any atom is 0.252 e. The minimum absolute atomic E-state index is 0.103. The van der Waals surface area contributed by atoms with E-state index in [0.717, 1.165) is 18.2 Å². The van der Waals surface area contributed by atoms with Crippen molar-refractivity contribution >= 4 is 28.7 Å². The SMILES string of the molecule is CCCNC(=O)CNC(=O)c1ccccc1SC(=O)c1cccnc1. The summed E-state index contributed by atoms with van der Waals surface area (Å²) >= 11 is 0.959. The summed E-state index contributed by atoms with van der Waals surface area (Å²) in [4.78, 5) is 40.7. The number of benzene rings is 1. The van der Waals surface area contributed by atoms with Crippen LogP contribution in [0.2, 0.25) is 0 Å². The molecule has 130 valence electrons. The number of amides is 2. The molecule has 0 aliphatic rings. The van der Waals surface area contributed by atoms with Crippen molar-refractivity contribution in [2.45, 2.75) is 18.2 Å². The van der Waals surface area contributed by atoms with Gasteiger partial charge < -0.3 is 10.6 Å². The van der Waals surface area contributed by atoms with E-state index >= 15 is 0 Å². The average Bonchev–Trinajstić information content (AvgIpc) is 2.65. The molecule has 0 fully saturated rings. The lowest BCUT2D eigenvalue weighted by molar-refractivity contribution is -0.120. The zero-order chi connectivity index (χ0) is 18.1. The van der Waals surface area contributed by atoms with Crippen LogP contribution in [0.1, 0.15) is 34.1 Å². The Hall–Kier alpha value is -2.67. The number of carbonyl (C=O) groups excluding carboxylic acids is 3. The first kappa shape index (κ1) is 18.7. The van der Waals surface area contributed by atoms with Crippen LogP contribution in [0.25, 0.3) is 0 Å². The molecular weight excluding hydrogens is 338 g/mol. The van der Waals surface area contributed by atoms with Gasteiger partial charge in [0.2, 0.25) is 11.0 Å². The molecule has 1 aromatic carbocycles. The van der Waals surface area contributed by atoms with Crippen molar-refractivity contribution in [2.75, 3.05) is 13.1 Å². The molecule has 0 saturated heterocycles. The smallest absolute Gasteiger partial charge is 0.252 e. The number of rotatable bonds is 7. The van der Waals surface area contributed by atoms with Crippen molar-refractivity contribution in [1.82, 2.24) is 15.6 Å². The topological polar surface area (TPSA) is 88.2 Å². The van der Waals surface area contributed by atoms with Gasteiger partial charge in [-0.2, -0.15) is 0 Å². The number of nitrogens with one attached hydrogen (secondary N) is 2. The minimum atomic E-state index is -0.395. The average molecular weight is 357 g/mol. The van der Waals surface area contributed by atoms with E-state index in [1.807, 2.05) is 6.92 Å². The number of thioether (sulfide) groups is 1. The summed E-state index contributed by atoms with van der Waals surface area (Å²) in [6, 6.07) is 10.1. The van der Waals surface area contributed by atoms with Gasteiger partial charge in [0.15, 0.2) is 0 Å². The first-order valence-corrected chi connectivity index (χ1v) is 8.69. The Bertz CT molecular complexity index is 750. The van der Waals surface area contributed by atoms with Gasteiger partial charge in [-0.15, -0.1) is 0 Å². The summed E-state index contributed by atoms with van der Waals surface area (Å²) in [6.07, 6.45) is 3.90. The van der Waals surface area contributed by atoms with E-state index < -0.39 is 5.91 Å². The van der Waals surface area contributed by atoms with E-state index in [2.05, 4.69) is 15.6 Å². The van der Waals surface area contributed by atoms with Gasteiger partial charge in [0.25, 0.3) is 5.91 Å². The van der Waals surface area contributed by atoms with Crippen molar-refractivity contribution in [1.29, 1.82) is 0 Å². The second-order valence-corrected chi connectivity index (χ2v) is 6.17. The van der Waals surface area contributed by atoms with Crippen LogP contribution in [0.3, 0.4) is 0 Å². The number of nitrogens with zero attached hydrogens (tertiary/aromatic N) is 1. The van der Waals surface area contributed by atoms with E-state index in [4.69, 9.17) is 0 Å². The van der Waals surface area contributed by atoms with Crippen LogP contribution >= 0.6 is 11.8 Å². The fourth-order valence-electron chi connectivity index (χ4n) is 1.97. The van der Waals surface area contributed by atoms with Crippen LogP contribution in [0.15, 0.2) is 53.7 Å². The Labute approximate surface area is 150 Å². The molecule has 2 N–H and O–H groups in total. The van der Waals surface area contributed by atoms with Gasteiger partial charge in [0, 0.05) is 29.4 Å². The number of pyridine rings is 1. The first-order valence-electron chi connectivity index (χ1n) is 7.88. The molecule has 1 aromatic heterocycles. The van der Waals surface area contributed by atoms with Crippen molar-refractivity contribution < 1.29 is 14.4 Å². The third-order valence-corrected chi connectivity index (χ3v) is 4.21. The monoisotopic (exact) mass is 357 g/mol. The quantitative estimate of drug-likeness (QED) is 0.742. The van der Waals surface area contributed by atoms with E-state index in [1.54, 1.807) is 42.6 Å². The number of hydrogen-bond donors (Lipinski definition) is 2. The summed E-state index contributed by atoms with van der Waals surface area (Å²) in [5.74, 6) is -0.638. The van der Waals surface area contributed by atoms with Crippen LogP contribution in [0.4, 0.5) is 0 Å². The Morgan fingerprint density at radius 2 is 1.88 bits per heavy atom. The number of hydrogen-bond acceptors (Lipinski definition) is 5. The van der Waals surface area contributed by atoms with Gasteiger partial charge in [0.1, 0.15) is 0 Å². The molecule has 25 heavy (non-hydrogen) atoms. The van der Waals surface area contributed by atoms with Crippen LogP contribution in [0, 0.1) is 0 Å². The molecule has 0 aliphatic carbocycles. The molecule has 6 nitrogen and oxygen atoms in total. The molecule has 0 aliphatic heterocycles. The molecule has 2 rings (SSSR count). The molecule has 2 amide bonds. The highest BCUT2D eigenvalue weighted by Gasteiger charge is 2.16. The molecule has 0 radical (unpaired) electrons. The van der Waals surface area contributed by atoms with Gasteiger partial charge >= 0.3 is 0 Å². The fraction of sp³-hybridized carbons (Fsp3) is 0.222. The van der Waals surface area contributed by atoms with E-state index in [1.165, 1.54) is 6.20 Å². The Kier molecular flexibility index (Phi) is 7.16. The molecule has 7 heteroatoms. The predicted octanol–water partition coefficient (Wildman–Crippen LogP) is 2.27.